The predicted octanol–water partition coefficient (Wildman–Crippen LogP) is 3.76. The fourth-order valence-electron chi connectivity index (χ4n) is 3.31. The monoisotopic (exact) mass is 251 g/mol. The largest absolute Gasteiger partial charge is 0.356 e. The average Bonchev–Trinajstić information content (AvgIpc) is 2.26. The van der Waals surface area contributed by atoms with Crippen molar-refractivity contribution in [1.82, 2.24) is 5.32 Å². The molecule has 0 heterocycles. The smallest absolute Gasteiger partial charge is 0.223 e. The topological polar surface area (TPSA) is 29.1 Å². The molecule has 0 aliphatic heterocycles. The van der Waals surface area contributed by atoms with E-state index in [1.165, 1.54) is 32.1 Å². The third kappa shape index (κ3) is 3.49. The van der Waals surface area contributed by atoms with Crippen LogP contribution in [0.1, 0.15) is 65.7 Å². The number of hydrogen-bond donors (Lipinski definition) is 1. The molecular formula is C16H29NO. The van der Waals surface area contributed by atoms with Crippen molar-refractivity contribution in [2.24, 2.45) is 23.2 Å². The molecule has 0 aromatic heterocycles. The fourth-order valence-corrected chi connectivity index (χ4v) is 3.31. The number of hydrogen-bond acceptors (Lipinski definition) is 1. The molecule has 0 bridgehead atoms. The van der Waals surface area contributed by atoms with Crippen molar-refractivity contribution in [3.05, 3.63) is 0 Å². The summed E-state index contributed by atoms with van der Waals surface area (Å²) in [5.74, 6) is 2.20. The first-order chi connectivity index (χ1) is 8.47. The van der Waals surface area contributed by atoms with Crippen molar-refractivity contribution in [2.45, 2.75) is 65.7 Å². The zero-order chi connectivity index (χ0) is 13.2. The molecule has 2 aliphatic rings. The van der Waals surface area contributed by atoms with E-state index in [0.29, 0.717) is 17.2 Å². The minimum absolute atomic E-state index is 0.295. The lowest BCUT2D eigenvalue weighted by Gasteiger charge is -2.36. The number of carbonyl (C=O) groups excluding carboxylic acids is 1. The Morgan fingerprint density at radius 3 is 2.11 bits per heavy atom. The Kier molecular flexibility index (Phi) is 4.34. The molecule has 2 heteroatoms. The van der Waals surface area contributed by atoms with E-state index < -0.39 is 0 Å². The van der Waals surface area contributed by atoms with Crippen molar-refractivity contribution in [3.8, 4) is 0 Å². The summed E-state index contributed by atoms with van der Waals surface area (Å²) >= 11 is 0. The molecule has 0 unspecified atom stereocenters. The summed E-state index contributed by atoms with van der Waals surface area (Å²) < 4.78 is 0. The van der Waals surface area contributed by atoms with E-state index in [-0.39, 0.29) is 0 Å². The maximum absolute atomic E-state index is 12.1. The molecule has 2 saturated carbocycles. The van der Waals surface area contributed by atoms with E-state index in [1.807, 2.05) is 0 Å². The van der Waals surface area contributed by atoms with Gasteiger partial charge in [-0.25, -0.2) is 0 Å². The molecule has 18 heavy (non-hydrogen) atoms. The van der Waals surface area contributed by atoms with Crippen molar-refractivity contribution in [2.75, 3.05) is 6.54 Å². The van der Waals surface area contributed by atoms with Gasteiger partial charge in [-0.1, -0.05) is 27.2 Å². The highest BCUT2D eigenvalue weighted by Gasteiger charge is 2.32. The zero-order valence-electron chi connectivity index (χ0n) is 12.3. The van der Waals surface area contributed by atoms with Crippen LogP contribution in [-0.4, -0.2) is 12.5 Å². The second-order valence-corrected chi connectivity index (χ2v) is 7.46. The van der Waals surface area contributed by atoms with Gasteiger partial charge in [0.25, 0.3) is 0 Å². The molecule has 0 atom stereocenters. The molecule has 0 aromatic rings. The number of rotatable bonds is 3. The molecule has 1 amide bonds. The van der Waals surface area contributed by atoms with Crippen LogP contribution >= 0.6 is 0 Å². The lowest BCUT2D eigenvalue weighted by Crippen LogP contribution is -2.38. The molecule has 0 radical (unpaired) electrons. The van der Waals surface area contributed by atoms with Gasteiger partial charge in [0.05, 0.1) is 0 Å². The Morgan fingerprint density at radius 2 is 1.67 bits per heavy atom. The zero-order valence-corrected chi connectivity index (χ0v) is 12.3. The van der Waals surface area contributed by atoms with Crippen LogP contribution in [0, 0.1) is 23.2 Å². The lowest BCUT2D eigenvalue weighted by molar-refractivity contribution is -0.126. The van der Waals surface area contributed by atoms with Crippen LogP contribution < -0.4 is 5.32 Å². The van der Waals surface area contributed by atoms with Crippen LogP contribution in [0.3, 0.4) is 0 Å². The fraction of sp³-hybridized carbons (Fsp3) is 0.938. The van der Waals surface area contributed by atoms with Gasteiger partial charge in [0.15, 0.2) is 0 Å². The SMILES string of the molecule is CC(C)(C)C1CCC(C(=O)NCC2CCC2)CC1. The Morgan fingerprint density at radius 1 is 1.06 bits per heavy atom. The summed E-state index contributed by atoms with van der Waals surface area (Å²) in [4.78, 5) is 12.1. The minimum Gasteiger partial charge on any atom is -0.356 e. The lowest BCUT2D eigenvalue weighted by atomic mass is 9.69. The van der Waals surface area contributed by atoms with Gasteiger partial charge in [0.1, 0.15) is 0 Å². The van der Waals surface area contributed by atoms with E-state index in [4.69, 9.17) is 0 Å². The van der Waals surface area contributed by atoms with Crippen LogP contribution in [0.15, 0.2) is 0 Å². The molecule has 2 rings (SSSR count). The molecule has 104 valence electrons. The third-order valence-corrected chi connectivity index (χ3v) is 5.11. The highest BCUT2D eigenvalue weighted by molar-refractivity contribution is 5.78. The van der Waals surface area contributed by atoms with Gasteiger partial charge >= 0.3 is 0 Å². The van der Waals surface area contributed by atoms with Gasteiger partial charge in [0, 0.05) is 12.5 Å². The first kappa shape index (κ1) is 13.9. The van der Waals surface area contributed by atoms with Crippen molar-refractivity contribution >= 4 is 5.91 Å². The van der Waals surface area contributed by atoms with Gasteiger partial charge in [-0.15, -0.1) is 0 Å². The second kappa shape index (κ2) is 5.63. The van der Waals surface area contributed by atoms with Gasteiger partial charge in [-0.2, -0.15) is 0 Å². The number of carbonyl (C=O) groups is 1. The van der Waals surface area contributed by atoms with E-state index in [0.717, 1.165) is 31.2 Å². The molecule has 0 saturated heterocycles. The van der Waals surface area contributed by atoms with E-state index in [1.54, 1.807) is 0 Å². The second-order valence-electron chi connectivity index (χ2n) is 7.46. The number of nitrogens with one attached hydrogen (secondary N) is 1. The summed E-state index contributed by atoms with van der Waals surface area (Å²) in [5.41, 5.74) is 0.410. The predicted molar refractivity (Wildman–Crippen MR) is 75.3 cm³/mol. The average molecular weight is 251 g/mol. The van der Waals surface area contributed by atoms with Crippen molar-refractivity contribution in [3.63, 3.8) is 0 Å². The molecule has 0 spiro atoms. The maximum atomic E-state index is 12.1. The summed E-state index contributed by atoms with van der Waals surface area (Å²) in [6, 6.07) is 0. The van der Waals surface area contributed by atoms with Crippen LogP contribution in [0.5, 0.6) is 0 Å². The van der Waals surface area contributed by atoms with Crippen molar-refractivity contribution < 1.29 is 4.79 Å². The molecular weight excluding hydrogens is 222 g/mol. The minimum atomic E-state index is 0.295. The Hall–Kier alpha value is -0.530. The summed E-state index contributed by atoms with van der Waals surface area (Å²) in [6.45, 7) is 7.91. The standard InChI is InChI=1S/C16H29NO/c1-16(2,3)14-9-7-13(8-10-14)15(18)17-11-12-5-4-6-12/h12-14H,4-11H2,1-3H3,(H,17,18). The third-order valence-electron chi connectivity index (χ3n) is 5.11. The molecule has 0 aromatic carbocycles. The highest BCUT2D eigenvalue weighted by Crippen LogP contribution is 2.39. The van der Waals surface area contributed by atoms with Gasteiger partial charge < -0.3 is 5.32 Å². The molecule has 2 aliphatic carbocycles. The Labute approximate surface area is 112 Å². The normalized spacial score (nSPS) is 29.7. The van der Waals surface area contributed by atoms with E-state index >= 15 is 0 Å². The van der Waals surface area contributed by atoms with E-state index in [9.17, 15) is 4.79 Å². The van der Waals surface area contributed by atoms with Gasteiger partial charge in [-0.05, 0) is 55.8 Å². The van der Waals surface area contributed by atoms with Crippen LogP contribution in [0.4, 0.5) is 0 Å². The quantitative estimate of drug-likeness (QED) is 0.813. The Balaban J connectivity index is 1.70. The van der Waals surface area contributed by atoms with Gasteiger partial charge in [0.2, 0.25) is 5.91 Å². The molecule has 2 fully saturated rings. The van der Waals surface area contributed by atoms with Crippen LogP contribution in [0.25, 0.3) is 0 Å². The van der Waals surface area contributed by atoms with Crippen LogP contribution in [0.2, 0.25) is 0 Å². The molecule has 2 nitrogen and oxygen atoms in total. The summed E-state index contributed by atoms with van der Waals surface area (Å²) in [6.07, 6.45) is 8.64. The Bertz CT molecular complexity index is 280. The summed E-state index contributed by atoms with van der Waals surface area (Å²) in [7, 11) is 0. The first-order valence-corrected chi connectivity index (χ1v) is 7.74. The maximum Gasteiger partial charge on any atom is 0.223 e. The summed E-state index contributed by atoms with van der Waals surface area (Å²) in [5, 5.41) is 3.17. The van der Waals surface area contributed by atoms with Crippen LogP contribution in [-0.2, 0) is 4.79 Å². The van der Waals surface area contributed by atoms with Crippen molar-refractivity contribution in [1.29, 1.82) is 0 Å². The van der Waals surface area contributed by atoms with Gasteiger partial charge in [-0.3, -0.25) is 4.79 Å². The molecule has 1 N–H and O–H groups in total. The highest BCUT2D eigenvalue weighted by atomic mass is 16.1. The number of amides is 1. The van der Waals surface area contributed by atoms with E-state index in [2.05, 4.69) is 26.1 Å². The first-order valence-electron chi connectivity index (χ1n) is 7.74.